The van der Waals surface area contributed by atoms with Gasteiger partial charge in [-0.2, -0.15) is 18.2 Å². The van der Waals surface area contributed by atoms with Crippen molar-refractivity contribution in [2.75, 3.05) is 21.1 Å². The Kier molecular flexibility index (Phi) is 7.14. The second-order valence-corrected chi connectivity index (χ2v) is 8.74. The summed E-state index contributed by atoms with van der Waals surface area (Å²) in [6, 6.07) is 5.69. The Labute approximate surface area is 192 Å². The van der Waals surface area contributed by atoms with Crippen molar-refractivity contribution in [2.45, 2.75) is 19.6 Å². The minimum absolute atomic E-state index is 0.00565. The molecule has 0 saturated heterocycles. The molecule has 0 atom stereocenters. The third-order valence-corrected chi connectivity index (χ3v) is 5.62. The largest absolute Gasteiger partial charge is 0.421 e. The van der Waals surface area contributed by atoms with Crippen LogP contribution in [-0.4, -0.2) is 40.0 Å². The Bertz CT molecular complexity index is 1280. The topological polar surface area (TPSA) is 165 Å². The third-order valence-electron chi connectivity index (χ3n) is 4.33. The molecule has 3 rings (SSSR count). The van der Waals surface area contributed by atoms with Crippen LogP contribution in [-0.2, 0) is 22.7 Å². The molecule has 15 heteroatoms. The van der Waals surface area contributed by atoms with Gasteiger partial charge in [0, 0.05) is 12.4 Å². The van der Waals surface area contributed by atoms with Crippen LogP contribution >= 0.6 is 0 Å². The Hall–Kier alpha value is -4.01. The van der Waals surface area contributed by atoms with E-state index in [4.69, 9.17) is 5.73 Å². The fourth-order valence-corrected chi connectivity index (χ4v) is 3.27. The molecule has 1 amide bonds. The number of carbonyl (C=O) groups is 1. The van der Waals surface area contributed by atoms with Gasteiger partial charge in [0.15, 0.2) is 0 Å². The quantitative estimate of drug-likeness (QED) is 0.348. The molecule has 0 fully saturated rings. The molecule has 0 aliphatic rings. The van der Waals surface area contributed by atoms with Crippen LogP contribution in [0, 0.1) is 0 Å². The van der Waals surface area contributed by atoms with E-state index >= 15 is 0 Å². The Morgan fingerprint density at radius 1 is 1.12 bits per heavy atom. The molecule has 11 nitrogen and oxygen atoms in total. The SMILES string of the molecule is CCS(=O)(=O)Nc1cccnc1CNc1nc(Nc2ccc(C(N)=O)nc2)ncc1C(F)(F)F. The average molecular weight is 496 g/mol. The maximum Gasteiger partial charge on any atom is 0.421 e. The highest BCUT2D eigenvalue weighted by Gasteiger charge is 2.35. The number of rotatable bonds is 9. The molecule has 5 N–H and O–H groups in total. The minimum Gasteiger partial charge on any atom is -0.364 e. The van der Waals surface area contributed by atoms with Crippen molar-refractivity contribution in [3.63, 3.8) is 0 Å². The van der Waals surface area contributed by atoms with Crippen LogP contribution in [0.5, 0.6) is 0 Å². The number of hydrogen-bond donors (Lipinski definition) is 4. The van der Waals surface area contributed by atoms with Gasteiger partial charge < -0.3 is 16.4 Å². The highest BCUT2D eigenvalue weighted by molar-refractivity contribution is 7.92. The summed E-state index contributed by atoms with van der Waals surface area (Å²) in [5.41, 5.74) is 4.58. The molecule has 0 radical (unpaired) electrons. The monoisotopic (exact) mass is 496 g/mol. The fourth-order valence-electron chi connectivity index (χ4n) is 2.61. The Morgan fingerprint density at radius 2 is 1.88 bits per heavy atom. The molecule has 3 aromatic heterocycles. The summed E-state index contributed by atoms with van der Waals surface area (Å²) in [5.74, 6) is -1.67. The number of halogens is 3. The summed E-state index contributed by atoms with van der Waals surface area (Å²) in [6.07, 6.45) is -1.54. The predicted octanol–water partition coefficient (Wildman–Crippen LogP) is 2.50. The summed E-state index contributed by atoms with van der Waals surface area (Å²) in [6.45, 7) is 1.18. The lowest BCUT2D eigenvalue weighted by Gasteiger charge is -2.16. The molecular formula is C19H19F3N8O3S. The minimum atomic E-state index is -4.76. The van der Waals surface area contributed by atoms with Crippen molar-refractivity contribution >= 4 is 39.1 Å². The molecule has 0 aromatic carbocycles. The van der Waals surface area contributed by atoms with E-state index in [9.17, 15) is 26.4 Å². The predicted molar refractivity (Wildman–Crippen MR) is 118 cm³/mol. The van der Waals surface area contributed by atoms with Gasteiger partial charge in [0.05, 0.1) is 35.6 Å². The maximum atomic E-state index is 13.5. The van der Waals surface area contributed by atoms with E-state index in [2.05, 4.69) is 35.3 Å². The van der Waals surface area contributed by atoms with E-state index in [0.717, 1.165) is 0 Å². The van der Waals surface area contributed by atoms with Gasteiger partial charge in [-0.1, -0.05) is 0 Å². The van der Waals surface area contributed by atoms with Gasteiger partial charge in [-0.25, -0.2) is 18.4 Å². The first-order chi connectivity index (χ1) is 16.0. The van der Waals surface area contributed by atoms with Crippen molar-refractivity contribution < 1.29 is 26.4 Å². The number of aromatic nitrogens is 4. The smallest absolute Gasteiger partial charge is 0.364 e. The molecule has 0 aliphatic carbocycles. The molecule has 0 saturated carbocycles. The van der Waals surface area contributed by atoms with Crippen molar-refractivity contribution in [2.24, 2.45) is 5.73 Å². The molecule has 0 spiro atoms. The van der Waals surface area contributed by atoms with Gasteiger partial charge in [-0.3, -0.25) is 14.5 Å². The molecule has 34 heavy (non-hydrogen) atoms. The summed E-state index contributed by atoms with van der Waals surface area (Å²) >= 11 is 0. The van der Waals surface area contributed by atoms with Gasteiger partial charge in [-0.05, 0) is 31.2 Å². The first-order valence-electron chi connectivity index (χ1n) is 9.64. The number of primary amides is 1. The summed E-state index contributed by atoms with van der Waals surface area (Å²) in [7, 11) is -3.63. The van der Waals surface area contributed by atoms with Gasteiger partial charge in [0.1, 0.15) is 17.1 Å². The number of pyridine rings is 2. The number of alkyl halides is 3. The van der Waals surface area contributed by atoms with Crippen LogP contribution in [0.3, 0.4) is 0 Å². The van der Waals surface area contributed by atoms with Crippen LogP contribution in [0.25, 0.3) is 0 Å². The zero-order valence-electron chi connectivity index (χ0n) is 17.6. The van der Waals surface area contributed by atoms with E-state index in [0.29, 0.717) is 11.9 Å². The van der Waals surface area contributed by atoms with E-state index in [1.54, 1.807) is 0 Å². The summed E-state index contributed by atoms with van der Waals surface area (Å²) < 4.78 is 66.6. The molecule has 180 valence electrons. The van der Waals surface area contributed by atoms with Gasteiger partial charge in [-0.15, -0.1) is 0 Å². The lowest BCUT2D eigenvalue weighted by atomic mass is 10.2. The number of anilines is 4. The summed E-state index contributed by atoms with van der Waals surface area (Å²) in [4.78, 5) is 26.5. The normalized spacial score (nSPS) is 11.6. The lowest BCUT2D eigenvalue weighted by Crippen LogP contribution is -2.18. The van der Waals surface area contributed by atoms with E-state index in [-0.39, 0.29) is 35.3 Å². The average Bonchev–Trinajstić information content (AvgIpc) is 2.78. The van der Waals surface area contributed by atoms with E-state index in [1.807, 2.05) is 0 Å². The number of nitrogens with zero attached hydrogens (tertiary/aromatic N) is 4. The van der Waals surface area contributed by atoms with E-state index in [1.165, 1.54) is 43.6 Å². The van der Waals surface area contributed by atoms with Crippen LogP contribution in [0.2, 0.25) is 0 Å². The van der Waals surface area contributed by atoms with Crippen molar-refractivity contribution in [1.29, 1.82) is 0 Å². The van der Waals surface area contributed by atoms with Gasteiger partial charge in [0.2, 0.25) is 16.0 Å². The number of carbonyl (C=O) groups excluding carboxylic acids is 1. The molecule has 0 unspecified atom stereocenters. The standard InChI is InChI=1S/C19H19F3N8O3S/c1-2-34(32,33)30-13-4-3-7-24-15(13)10-26-17-12(19(20,21)22)9-27-18(29-17)28-11-5-6-14(16(23)31)25-8-11/h3-9,30H,2,10H2,1H3,(H2,23,31)(H2,26,27,28,29). The molecule has 0 bridgehead atoms. The van der Waals surface area contributed by atoms with Gasteiger partial charge >= 0.3 is 6.18 Å². The van der Waals surface area contributed by atoms with Crippen molar-refractivity contribution in [1.82, 2.24) is 19.9 Å². The summed E-state index contributed by atoms with van der Waals surface area (Å²) in [5, 5.41) is 5.23. The number of nitrogens with one attached hydrogen (secondary N) is 3. The second kappa shape index (κ2) is 9.86. The van der Waals surface area contributed by atoms with E-state index < -0.39 is 33.5 Å². The van der Waals surface area contributed by atoms with Gasteiger partial charge in [0.25, 0.3) is 5.91 Å². The van der Waals surface area contributed by atoms with Crippen molar-refractivity contribution in [3.8, 4) is 0 Å². The second-order valence-electron chi connectivity index (χ2n) is 6.73. The Balaban J connectivity index is 1.86. The molecule has 0 aliphatic heterocycles. The van der Waals surface area contributed by atoms with Crippen LogP contribution in [0.4, 0.5) is 36.3 Å². The maximum absolute atomic E-state index is 13.5. The van der Waals surface area contributed by atoms with Crippen LogP contribution < -0.4 is 21.1 Å². The zero-order valence-corrected chi connectivity index (χ0v) is 18.4. The first kappa shape index (κ1) is 24.6. The number of amides is 1. The lowest BCUT2D eigenvalue weighted by molar-refractivity contribution is -0.137. The molecule has 3 aromatic rings. The van der Waals surface area contributed by atoms with Crippen LogP contribution in [0.1, 0.15) is 28.7 Å². The first-order valence-corrected chi connectivity index (χ1v) is 11.3. The molecular weight excluding hydrogens is 477 g/mol. The number of hydrogen-bond acceptors (Lipinski definition) is 9. The third kappa shape index (κ3) is 6.28. The molecule has 3 heterocycles. The highest BCUT2D eigenvalue weighted by Crippen LogP contribution is 2.34. The zero-order chi connectivity index (χ0) is 24.9. The number of nitrogens with two attached hydrogens (primary N) is 1. The highest BCUT2D eigenvalue weighted by atomic mass is 32.2. The van der Waals surface area contributed by atoms with Crippen LogP contribution in [0.15, 0.2) is 42.9 Å². The Morgan fingerprint density at radius 3 is 2.50 bits per heavy atom. The number of sulfonamides is 1. The fraction of sp³-hybridized carbons (Fsp3) is 0.211. The van der Waals surface area contributed by atoms with Crippen molar-refractivity contribution in [3.05, 3.63) is 59.8 Å².